The number of sulfonamides is 1. The molecule has 0 saturated carbocycles. The van der Waals surface area contributed by atoms with Gasteiger partial charge in [0.2, 0.25) is 10.0 Å². The first-order valence-corrected chi connectivity index (χ1v) is 8.12. The fourth-order valence-corrected chi connectivity index (χ4v) is 3.06. The molecule has 2 heterocycles. The molecule has 1 fully saturated rings. The Morgan fingerprint density at radius 1 is 1.50 bits per heavy atom. The van der Waals surface area contributed by atoms with Crippen molar-refractivity contribution in [3.8, 4) is 6.07 Å². The number of anilines is 2. The molecule has 1 aliphatic rings. The van der Waals surface area contributed by atoms with Gasteiger partial charge < -0.3 is 11.1 Å². The lowest BCUT2D eigenvalue weighted by molar-refractivity contribution is 0.331. The molecule has 0 radical (unpaired) electrons. The molecular weight excluding hydrogens is 278 g/mol. The van der Waals surface area contributed by atoms with Gasteiger partial charge in [-0.2, -0.15) is 5.26 Å². The van der Waals surface area contributed by atoms with E-state index in [1.165, 1.54) is 16.8 Å². The second-order valence-corrected chi connectivity index (χ2v) is 6.84. The van der Waals surface area contributed by atoms with Crippen LogP contribution in [0.25, 0.3) is 0 Å². The summed E-state index contributed by atoms with van der Waals surface area (Å²) in [7, 11) is -3.11. The Morgan fingerprint density at radius 2 is 2.15 bits per heavy atom. The molecule has 0 aromatic carbocycles. The summed E-state index contributed by atoms with van der Waals surface area (Å²) in [4.78, 5) is 4.12. The third kappa shape index (κ3) is 3.37. The predicted octanol–water partition coefficient (Wildman–Crippen LogP) is 0.371. The van der Waals surface area contributed by atoms with E-state index in [9.17, 15) is 8.42 Å². The molecule has 3 N–H and O–H groups in total. The number of nitrogens with one attached hydrogen (secondary N) is 1. The van der Waals surface area contributed by atoms with Crippen molar-refractivity contribution < 1.29 is 8.42 Å². The molecule has 0 aliphatic carbocycles. The van der Waals surface area contributed by atoms with E-state index in [4.69, 9.17) is 11.0 Å². The van der Waals surface area contributed by atoms with Gasteiger partial charge >= 0.3 is 0 Å². The molecule has 0 amide bonds. The Labute approximate surface area is 118 Å². The molecule has 1 aromatic heterocycles. The van der Waals surface area contributed by atoms with Gasteiger partial charge in [0.05, 0.1) is 17.5 Å². The van der Waals surface area contributed by atoms with Gasteiger partial charge in [-0.25, -0.2) is 17.7 Å². The highest BCUT2D eigenvalue weighted by Gasteiger charge is 2.25. The van der Waals surface area contributed by atoms with Crippen LogP contribution in [0.4, 0.5) is 11.5 Å². The largest absolute Gasteiger partial charge is 0.396 e. The van der Waals surface area contributed by atoms with Crippen LogP contribution in [0.1, 0.15) is 18.4 Å². The number of nitriles is 1. The number of pyridine rings is 1. The first-order valence-electron chi connectivity index (χ1n) is 6.27. The van der Waals surface area contributed by atoms with Gasteiger partial charge in [-0.3, -0.25) is 0 Å². The van der Waals surface area contributed by atoms with Crippen molar-refractivity contribution in [1.82, 2.24) is 9.29 Å². The SMILES string of the molecule is CS(=O)(=O)N1CCC(Nc2ncc(C#N)cc2N)CC1. The molecule has 2 rings (SSSR count). The summed E-state index contributed by atoms with van der Waals surface area (Å²) in [5.74, 6) is 0.543. The maximum absolute atomic E-state index is 11.4. The number of aromatic nitrogens is 1. The molecule has 7 nitrogen and oxygen atoms in total. The van der Waals surface area contributed by atoms with E-state index < -0.39 is 10.0 Å². The van der Waals surface area contributed by atoms with Crippen LogP contribution >= 0.6 is 0 Å². The monoisotopic (exact) mass is 295 g/mol. The quantitative estimate of drug-likeness (QED) is 0.833. The van der Waals surface area contributed by atoms with E-state index in [2.05, 4.69) is 10.3 Å². The average molecular weight is 295 g/mol. The summed E-state index contributed by atoms with van der Waals surface area (Å²) in [6.45, 7) is 0.985. The van der Waals surface area contributed by atoms with Gasteiger partial charge in [-0.05, 0) is 18.9 Å². The van der Waals surface area contributed by atoms with Crippen LogP contribution in [0.3, 0.4) is 0 Å². The number of nitrogens with two attached hydrogens (primary N) is 1. The maximum atomic E-state index is 11.4. The highest BCUT2D eigenvalue weighted by atomic mass is 32.2. The average Bonchev–Trinajstić information content (AvgIpc) is 2.40. The molecule has 1 aromatic rings. The van der Waals surface area contributed by atoms with Gasteiger partial charge in [-0.1, -0.05) is 0 Å². The lowest BCUT2D eigenvalue weighted by atomic mass is 10.1. The topological polar surface area (TPSA) is 112 Å². The summed E-state index contributed by atoms with van der Waals surface area (Å²) >= 11 is 0. The molecule has 8 heteroatoms. The van der Waals surface area contributed by atoms with E-state index in [1.807, 2.05) is 6.07 Å². The van der Waals surface area contributed by atoms with Crippen LogP contribution in [0.15, 0.2) is 12.3 Å². The van der Waals surface area contributed by atoms with Crippen LogP contribution in [-0.4, -0.2) is 43.1 Å². The Hall–Kier alpha value is -1.85. The van der Waals surface area contributed by atoms with Crippen molar-refractivity contribution in [3.63, 3.8) is 0 Å². The second kappa shape index (κ2) is 5.64. The van der Waals surface area contributed by atoms with E-state index in [-0.39, 0.29) is 6.04 Å². The lowest BCUT2D eigenvalue weighted by Crippen LogP contribution is -2.42. The minimum absolute atomic E-state index is 0.135. The zero-order valence-electron chi connectivity index (χ0n) is 11.2. The first kappa shape index (κ1) is 14.6. The molecule has 1 aliphatic heterocycles. The number of nitrogen functional groups attached to an aromatic ring is 1. The lowest BCUT2D eigenvalue weighted by Gasteiger charge is -2.31. The highest BCUT2D eigenvalue weighted by molar-refractivity contribution is 7.88. The van der Waals surface area contributed by atoms with Crippen LogP contribution in [-0.2, 0) is 10.0 Å². The zero-order chi connectivity index (χ0) is 14.8. The number of hydrogen-bond acceptors (Lipinski definition) is 6. The minimum atomic E-state index is -3.11. The normalized spacial score (nSPS) is 17.6. The van der Waals surface area contributed by atoms with Crippen molar-refractivity contribution in [2.45, 2.75) is 18.9 Å². The summed E-state index contributed by atoms with van der Waals surface area (Å²) in [6, 6.07) is 3.68. The number of hydrogen-bond donors (Lipinski definition) is 2. The smallest absolute Gasteiger partial charge is 0.211 e. The van der Waals surface area contributed by atoms with Crippen LogP contribution in [0.2, 0.25) is 0 Å². The summed E-state index contributed by atoms with van der Waals surface area (Å²) in [5, 5.41) is 12.0. The Balaban J connectivity index is 1.98. The third-order valence-corrected chi connectivity index (χ3v) is 4.61. The molecule has 1 saturated heterocycles. The molecule has 108 valence electrons. The summed E-state index contributed by atoms with van der Waals surface area (Å²) in [6.07, 6.45) is 4.09. The van der Waals surface area contributed by atoms with E-state index in [1.54, 1.807) is 6.07 Å². The summed E-state index contributed by atoms with van der Waals surface area (Å²) < 4.78 is 24.3. The molecular formula is C12H17N5O2S. The second-order valence-electron chi connectivity index (χ2n) is 4.85. The Bertz CT molecular complexity index is 630. The van der Waals surface area contributed by atoms with Crippen LogP contribution < -0.4 is 11.1 Å². The number of rotatable bonds is 3. The van der Waals surface area contributed by atoms with Crippen LogP contribution in [0.5, 0.6) is 0 Å². The standard InChI is InChI=1S/C12H17N5O2S/c1-20(18,19)17-4-2-10(3-5-17)16-12-11(14)6-9(7-13)8-15-12/h6,8,10H,2-5,14H2,1H3,(H,15,16). The van der Waals surface area contributed by atoms with Crippen molar-refractivity contribution >= 4 is 21.5 Å². The van der Waals surface area contributed by atoms with Crippen molar-refractivity contribution in [1.29, 1.82) is 5.26 Å². The third-order valence-electron chi connectivity index (χ3n) is 3.31. The molecule has 20 heavy (non-hydrogen) atoms. The molecule has 0 unspecified atom stereocenters. The van der Waals surface area contributed by atoms with Gasteiger partial charge in [0.25, 0.3) is 0 Å². The fraction of sp³-hybridized carbons (Fsp3) is 0.500. The van der Waals surface area contributed by atoms with E-state index >= 15 is 0 Å². The van der Waals surface area contributed by atoms with Crippen LogP contribution in [0, 0.1) is 11.3 Å². The molecule has 0 atom stereocenters. The van der Waals surface area contributed by atoms with Crippen molar-refractivity contribution in [2.24, 2.45) is 0 Å². The van der Waals surface area contributed by atoms with E-state index in [0.717, 1.165) is 0 Å². The number of nitrogens with zero attached hydrogens (tertiary/aromatic N) is 3. The Kier molecular flexibility index (Phi) is 4.11. The first-order chi connectivity index (χ1) is 9.40. The zero-order valence-corrected chi connectivity index (χ0v) is 12.0. The van der Waals surface area contributed by atoms with Crippen molar-refractivity contribution in [3.05, 3.63) is 17.8 Å². The fourth-order valence-electron chi connectivity index (χ4n) is 2.19. The van der Waals surface area contributed by atoms with Crippen molar-refractivity contribution in [2.75, 3.05) is 30.4 Å². The van der Waals surface area contributed by atoms with Gasteiger partial charge in [0.15, 0.2) is 0 Å². The predicted molar refractivity (Wildman–Crippen MR) is 76.4 cm³/mol. The van der Waals surface area contributed by atoms with Gasteiger partial charge in [0, 0.05) is 25.3 Å². The molecule has 0 bridgehead atoms. The Morgan fingerprint density at radius 3 is 2.65 bits per heavy atom. The summed E-state index contributed by atoms with van der Waals surface area (Å²) in [5.41, 5.74) is 6.67. The highest BCUT2D eigenvalue weighted by Crippen LogP contribution is 2.21. The maximum Gasteiger partial charge on any atom is 0.211 e. The number of piperidine rings is 1. The van der Waals surface area contributed by atoms with Gasteiger partial charge in [0.1, 0.15) is 11.9 Å². The van der Waals surface area contributed by atoms with Gasteiger partial charge in [-0.15, -0.1) is 0 Å². The molecule has 0 spiro atoms. The van der Waals surface area contributed by atoms with E-state index in [0.29, 0.717) is 43.0 Å². The minimum Gasteiger partial charge on any atom is -0.396 e.